The van der Waals surface area contributed by atoms with Gasteiger partial charge in [-0.2, -0.15) is 0 Å². The van der Waals surface area contributed by atoms with Gasteiger partial charge in [0.1, 0.15) is 11.6 Å². The minimum absolute atomic E-state index is 0.00201. The molecule has 3 nitrogen and oxygen atoms in total. The van der Waals surface area contributed by atoms with Crippen LogP contribution in [0.25, 0.3) is 0 Å². The van der Waals surface area contributed by atoms with Gasteiger partial charge in [-0.1, -0.05) is 50.2 Å². The number of halogens is 1. The van der Waals surface area contributed by atoms with E-state index in [1.54, 1.807) is 13.2 Å². The smallest absolute Gasteiger partial charge is 0.127 e. The van der Waals surface area contributed by atoms with Gasteiger partial charge >= 0.3 is 0 Å². The standard InChI is InChI=1S/C24H32FNO2/c1-18(2)23-16-24(13-15-28-23,20-9-5-7-11-22(20)27-3)12-14-26-17-19-8-4-6-10-21(19)25/h4-11,18,23,26H,12-17H2,1-3H3/t23-,24-/m0/s1. The first kappa shape index (κ1) is 20.8. The summed E-state index contributed by atoms with van der Waals surface area (Å²) >= 11 is 0. The van der Waals surface area contributed by atoms with Gasteiger partial charge < -0.3 is 14.8 Å². The van der Waals surface area contributed by atoms with Crippen molar-refractivity contribution in [3.8, 4) is 5.75 Å². The fourth-order valence-corrected chi connectivity index (χ4v) is 4.26. The summed E-state index contributed by atoms with van der Waals surface area (Å²) in [7, 11) is 1.74. The van der Waals surface area contributed by atoms with Crippen molar-refractivity contribution in [3.63, 3.8) is 0 Å². The van der Waals surface area contributed by atoms with E-state index >= 15 is 0 Å². The van der Waals surface area contributed by atoms with Crippen molar-refractivity contribution in [1.29, 1.82) is 0 Å². The largest absolute Gasteiger partial charge is 0.496 e. The van der Waals surface area contributed by atoms with Crippen molar-refractivity contribution >= 4 is 0 Å². The molecule has 0 amide bonds. The zero-order valence-electron chi connectivity index (χ0n) is 17.2. The topological polar surface area (TPSA) is 30.5 Å². The molecule has 152 valence electrons. The second kappa shape index (κ2) is 9.53. The quantitative estimate of drug-likeness (QED) is 0.642. The van der Waals surface area contributed by atoms with Gasteiger partial charge in [0.25, 0.3) is 0 Å². The Balaban J connectivity index is 1.76. The predicted octanol–water partition coefficient (Wildman–Crippen LogP) is 5.09. The van der Waals surface area contributed by atoms with Crippen LogP contribution < -0.4 is 10.1 Å². The normalized spacial score (nSPS) is 22.4. The molecule has 0 saturated carbocycles. The predicted molar refractivity (Wildman–Crippen MR) is 111 cm³/mol. The number of methoxy groups -OCH3 is 1. The Bertz CT molecular complexity index is 764. The lowest BCUT2D eigenvalue weighted by Gasteiger charge is -2.43. The van der Waals surface area contributed by atoms with Crippen molar-refractivity contribution in [2.24, 2.45) is 5.92 Å². The van der Waals surface area contributed by atoms with Crippen LogP contribution in [0.1, 0.15) is 44.2 Å². The summed E-state index contributed by atoms with van der Waals surface area (Å²) in [6, 6.07) is 15.3. The highest BCUT2D eigenvalue weighted by Crippen LogP contribution is 2.45. The molecule has 1 saturated heterocycles. The Hall–Kier alpha value is -1.91. The molecular formula is C24H32FNO2. The van der Waals surface area contributed by atoms with Crippen LogP contribution in [0.2, 0.25) is 0 Å². The number of para-hydroxylation sites is 1. The van der Waals surface area contributed by atoms with Gasteiger partial charge in [-0.3, -0.25) is 0 Å². The highest BCUT2D eigenvalue weighted by Gasteiger charge is 2.40. The van der Waals surface area contributed by atoms with Gasteiger partial charge in [-0.15, -0.1) is 0 Å². The molecule has 0 aliphatic carbocycles. The summed E-state index contributed by atoms with van der Waals surface area (Å²) in [4.78, 5) is 0. The average molecular weight is 386 g/mol. The molecule has 2 aromatic carbocycles. The highest BCUT2D eigenvalue weighted by atomic mass is 19.1. The lowest BCUT2D eigenvalue weighted by atomic mass is 9.68. The number of nitrogens with one attached hydrogen (secondary N) is 1. The van der Waals surface area contributed by atoms with E-state index in [1.807, 2.05) is 24.3 Å². The van der Waals surface area contributed by atoms with Crippen molar-refractivity contribution in [1.82, 2.24) is 5.32 Å². The molecule has 28 heavy (non-hydrogen) atoms. The summed E-state index contributed by atoms with van der Waals surface area (Å²) in [5.41, 5.74) is 1.97. The number of ether oxygens (including phenoxy) is 2. The summed E-state index contributed by atoms with van der Waals surface area (Å²) < 4.78 is 25.6. The maximum atomic E-state index is 13.9. The van der Waals surface area contributed by atoms with Crippen molar-refractivity contribution in [2.45, 2.75) is 51.2 Å². The molecule has 1 N–H and O–H groups in total. The minimum Gasteiger partial charge on any atom is -0.496 e. The summed E-state index contributed by atoms with van der Waals surface area (Å²) in [5, 5.41) is 3.44. The molecule has 1 fully saturated rings. The molecule has 2 atom stereocenters. The number of benzene rings is 2. The molecule has 0 aromatic heterocycles. The Morgan fingerprint density at radius 3 is 2.68 bits per heavy atom. The first-order valence-electron chi connectivity index (χ1n) is 10.2. The van der Waals surface area contributed by atoms with Crippen molar-refractivity contribution < 1.29 is 13.9 Å². The van der Waals surface area contributed by atoms with Gasteiger partial charge in [0.2, 0.25) is 0 Å². The van der Waals surface area contributed by atoms with Crippen LogP contribution in [0.15, 0.2) is 48.5 Å². The van der Waals surface area contributed by atoms with E-state index in [1.165, 1.54) is 11.6 Å². The third-order valence-electron chi connectivity index (χ3n) is 5.98. The summed E-state index contributed by atoms with van der Waals surface area (Å²) in [5.74, 6) is 1.27. The number of rotatable bonds is 8. The van der Waals surface area contributed by atoms with E-state index in [0.29, 0.717) is 18.0 Å². The van der Waals surface area contributed by atoms with E-state index in [0.717, 1.165) is 38.2 Å². The second-order valence-corrected chi connectivity index (χ2v) is 8.11. The molecule has 0 spiro atoms. The SMILES string of the molecule is COc1ccccc1[C@@]1(CCNCc2ccccc2F)CCO[C@H](C(C)C)C1. The fourth-order valence-electron chi connectivity index (χ4n) is 4.26. The first-order valence-corrected chi connectivity index (χ1v) is 10.2. The van der Waals surface area contributed by atoms with Crippen LogP contribution in [-0.4, -0.2) is 26.4 Å². The molecular weight excluding hydrogens is 353 g/mol. The third kappa shape index (κ3) is 4.73. The van der Waals surface area contributed by atoms with Crippen LogP contribution in [-0.2, 0) is 16.7 Å². The Morgan fingerprint density at radius 2 is 1.93 bits per heavy atom. The third-order valence-corrected chi connectivity index (χ3v) is 5.98. The zero-order valence-corrected chi connectivity index (χ0v) is 17.2. The molecule has 1 aliphatic heterocycles. The van der Waals surface area contributed by atoms with E-state index in [2.05, 4.69) is 31.3 Å². The molecule has 0 unspecified atom stereocenters. The summed E-state index contributed by atoms with van der Waals surface area (Å²) in [6.07, 6.45) is 3.16. The van der Waals surface area contributed by atoms with E-state index < -0.39 is 0 Å². The molecule has 3 rings (SSSR count). The Kier molecular flexibility index (Phi) is 7.08. The van der Waals surface area contributed by atoms with Gasteiger partial charge in [0.05, 0.1) is 13.2 Å². The monoisotopic (exact) mass is 385 g/mol. The van der Waals surface area contributed by atoms with Crippen molar-refractivity contribution in [2.75, 3.05) is 20.3 Å². The van der Waals surface area contributed by atoms with E-state index in [-0.39, 0.29) is 17.3 Å². The lowest BCUT2D eigenvalue weighted by Crippen LogP contribution is -2.42. The van der Waals surface area contributed by atoms with Crippen LogP contribution >= 0.6 is 0 Å². The second-order valence-electron chi connectivity index (χ2n) is 8.11. The maximum Gasteiger partial charge on any atom is 0.127 e. The van der Waals surface area contributed by atoms with Gasteiger partial charge in [-0.25, -0.2) is 4.39 Å². The van der Waals surface area contributed by atoms with Crippen molar-refractivity contribution in [3.05, 3.63) is 65.5 Å². The number of hydrogen-bond donors (Lipinski definition) is 1. The Morgan fingerprint density at radius 1 is 1.18 bits per heavy atom. The number of hydrogen-bond acceptors (Lipinski definition) is 3. The van der Waals surface area contributed by atoms with Crippen LogP contribution in [0, 0.1) is 11.7 Å². The highest BCUT2D eigenvalue weighted by molar-refractivity contribution is 5.40. The summed E-state index contributed by atoms with van der Waals surface area (Å²) in [6.45, 7) is 6.56. The molecule has 0 bridgehead atoms. The molecule has 1 aliphatic rings. The zero-order chi connectivity index (χ0) is 20.0. The Labute approximate surface area is 168 Å². The fraction of sp³-hybridized carbons (Fsp3) is 0.500. The van der Waals surface area contributed by atoms with Crippen LogP contribution in [0.5, 0.6) is 5.75 Å². The van der Waals surface area contributed by atoms with Gasteiger partial charge in [0, 0.05) is 29.7 Å². The lowest BCUT2D eigenvalue weighted by molar-refractivity contribution is -0.0473. The van der Waals surface area contributed by atoms with Gasteiger partial charge in [-0.05, 0) is 43.9 Å². The van der Waals surface area contributed by atoms with Gasteiger partial charge in [0.15, 0.2) is 0 Å². The molecule has 2 aromatic rings. The van der Waals surface area contributed by atoms with Crippen LogP contribution in [0.4, 0.5) is 4.39 Å². The average Bonchev–Trinajstić information content (AvgIpc) is 2.72. The minimum atomic E-state index is -0.152. The van der Waals surface area contributed by atoms with Crippen LogP contribution in [0.3, 0.4) is 0 Å². The maximum absolute atomic E-state index is 13.9. The molecule has 1 heterocycles. The van der Waals surface area contributed by atoms with E-state index in [9.17, 15) is 4.39 Å². The molecule has 4 heteroatoms. The first-order chi connectivity index (χ1) is 13.6. The molecule has 0 radical (unpaired) electrons. The van der Waals surface area contributed by atoms with E-state index in [4.69, 9.17) is 9.47 Å².